The van der Waals surface area contributed by atoms with Crippen LogP contribution >= 0.6 is 0 Å². The van der Waals surface area contributed by atoms with E-state index in [1.54, 1.807) is 0 Å². The Kier molecular flexibility index (Phi) is 11.2. The fourth-order valence-electron chi connectivity index (χ4n) is 13.6. The molecule has 1 nitrogen and oxygen atoms in total. The van der Waals surface area contributed by atoms with Crippen molar-refractivity contribution in [3.63, 3.8) is 0 Å². The molecule has 0 fully saturated rings. The van der Waals surface area contributed by atoms with Gasteiger partial charge in [0.15, 0.2) is 0 Å². The molecule has 0 unspecified atom stereocenters. The van der Waals surface area contributed by atoms with Crippen LogP contribution < -0.4 is 10.1 Å². The van der Waals surface area contributed by atoms with E-state index in [1.165, 1.54) is 121 Å². The molecule has 2 aliphatic rings. The summed E-state index contributed by atoms with van der Waals surface area (Å²) < 4.78 is 0. The summed E-state index contributed by atoms with van der Waals surface area (Å²) in [6.07, 6.45) is 8.85. The van der Waals surface area contributed by atoms with Gasteiger partial charge in [0.25, 0.3) is 0 Å². The van der Waals surface area contributed by atoms with Gasteiger partial charge in [-0.3, -0.25) is 0 Å². The van der Waals surface area contributed by atoms with Gasteiger partial charge >= 0.3 is 0 Å². The number of fused-ring (bicyclic) bond motifs is 12. The fraction of sp³-hybridized carbons (Fsp3) is 0.178. The van der Waals surface area contributed by atoms with Gasteiger partial charge in [-0.15, -0.1) is 0 Å². The topological polar surface area (TPSA) is 3.24 Å². The van der Waals surface area contributed by atoms with E-state index in [4.69, 9.17) is 0 Å². The Morgan fingerprint density at radius 3 is 1.35 bits per heavy atom. The van der Waals surface area contributed by atoms with Gasteiger partial charge in [0, 0.05) is 27.9 Å². The molecule has 11 aromatic carbocycles. The van der Waals surface area contributed by atoms with Crippen LogP contribution in [0.3, 0.4) is 0 Å². The SMILES string of the molecule is CCC1(CC)c2cc(/C=C/c3ccc4c(c3)C(CC)(CC)c3cc(N(c5ccc6c(ccc7ccccc76)c5)c5ccc6ccc7ccccc7c6c5)ccc3-4)ccc2-c2ccc(-c3ccc([Si](C)(C)C)cc3)cc21. The lowest BCUT2D eigenvalue weighted by Crippen LogP contribution is -2.37. The predicted molar refractivity (Wildman–Crippen MR) is 329 cm³/mol. The van der Waals surface area contributed by atoms with Gasteiger partial charge in [0.1, 0.15) is 0 Å². The number of hydrogen-bond donors (Lipinski definition) is 0. The number of nitrogens with zero attached hydrogens (tertiary/aromatic N) is 1. The van der Waals surface area contributed by atoms with Crippen molar-refractivity contribution in [3.05, 3.63) is 240 Å². The summed E-state index contributed by atoms with van der Waals surface area (Å²) in [6.45, 7) is 16.8. The molecule has 2 aliphatic carbocycles. The van der Waals surface area contributed by atoms with Crippen LogP contribution in [-0.2, 0) is 10.8 Å². The monoisotopic (exact) mass is 983 g/mol. The van der Waals surface area contributed by atoms with Crippen LogP contribution in [-0.4, -0.2) is 8.07 Å². The zero-order valence-electron chi connectivity index (χ0n) is 44.6. The number of rotatable bonds is 11. The molecule has 11 aromatic rings. The Balaban J connectivity index is 0.862. The highest BCUT2D eigenvalue weighted by atomic mass is 28.3. The summed E-state index contributed by atoms with van der Waals surface area (Å²) in [5.74, 6) is 0. The standard InChI is InChI=1S/C73H65NSi/c1-8-72(9-2)68-42-48(22-37-63(68)65-39-31-54(45-70(65)72)50-29-35-59(36-30-50)75(5,6)7)20-21-49-23-38-64-66-41-34-58(47-71(66)73(10-3,11-4)69(64)43-49)74(56-33-40-62-55(44-56)27-26-51-16-12-14-18-60(51)62)57-32-28-53-25-24-52-17-13-15-19-61(52)67(53)46-57/h12-47H,8-11H2,1-7H3/b21-20+. The molecule has 0 aliphatic heterocycles. The molecule has 75 heavy (non-hydrogen) atoms. The van der Waals surface area contributed by atoms with Crippen LogP contribution in [0.2, 0.25) is 19.6 Å². The first-order valence-electron chi connectivity index (χ1n) is 27.5. The van der Waals surface area contributed by atoms with Crippen molar-refractivity contribution in [3.8, 4) is 33.4 Å². The molecule has 366 valence electrons. The first-order chi connectivity index (χ1) is 36.5. The Hall–Kier alpha value is -7.78. The summed E-state index contributed by atoms with van der Waals surface area (Å²) in [5.41, 5.74) is 19.7. The minimum atomic E-state index is -1.37. The summed E-state index contributed by atoms with van der Waals surface area (Å²) in [5, 5.41) is 11.6. The molecule has 0 spiro atoms. The maximum absolute atomic E-state index is 2.53. The van der Waals surface area contributed by atoms with E-state index in [1.807, 2.05) is 0 Å². The predicted octanol–water partition coefficient (Wildman–Crippen LogP) is 20.3. The highest BCUT2D eigenvalue weighted by Crippen LogP contribution is 2.56. The highest BCUT2D eigenvalue weighted by molar-refractivity contribution is 6.88. The third-order valence-corrected chi connectivity index (χ3v) is 20.0. The van der Waals surface area contributed by atoms with Crippen LogP contribution in [0, 0.1) is 0 Å². The van der Waals surface area contributed by atoms with Crippen molar-refractivity contribution >= 4 is 85.6 Å². The molecule has 0 N–H and O–H groups in total. The van der Waals surface area contributed by atoms with Gasteiger partial charge in [-0.2, -0.15) is 0 Å². The molecule has 13 rings (SSSR count). The van der Waals surface area contributed by atoms with Gasteiger partial charge in [-0.05, 0) is 178 Å². The molecule has 0 saturated carbocycles. The molecule has 0 radical (unpaired) electrons. The summed E-state index contributed by atoms with van der Waals surface area (Å²) >= 11 is 0. The van der Waals surface area contributed by atoms with Crippen molar-refractivity contribution in [2.24, 2.45) is 0 Å². The largest absolute Gasteiger partial charge is 0.310 e. The van der Waals surface area contributed by atoms with Crippen LogP contribution in [0.15, 0.2) is 206 Å². The summed E-state index contributed by atoms with van der Waals surface area (Å²) in [6, 6.07) is 79.0. The van der Waals surface area contributed by atoms with Gasteiger partial charge in [0.2, 0.25) is 0 Å². The third-order valence-electron chi connectivity index (χ3n) is 18.0. The Labute approximate surface area is 444 Å². The summed E-state index contributed by atoms with van der Waals surface area (Å²) in [7, 11) is -1.37. The second-order valence-corrected chi connectivity index (χ2v) is 27.6. The van der Waals surface area contributed by atoms with Crippen molar-refractivity contribution in [1.82, 2.24) is 0 Å². The van der Waals surface area contributed by atoms with Crippen LogP contribution in [0.4, 0.5) is 17.1 Å². The second kappa shape index (κ2) is 18.0. The van der Waals surface area contributed by atoms with Crippen molar-refractivity contribution in [2.75, 3.05) is 4.90 Å². The maximum atomic E-state index is 2.53. The first-order valence-corrected chi connectivity index (χ1v) is 31.0. The quantitative estimate of drug-likeness (QED) is 0.0709. The lowest BCUT2D eigenvalue weighted by atomic mass is 9.73. The molecule has 0 aromatic heterocycles. The Bertz CT molecular complexity index is 4100. The highest BCUT2D eigenvalue weighted by Gasteiger charge is 2.42. The zero-order valence-corrected chi connectivity index (χ0v) is 45.6. The normalized spacial score (nSPS) is 14.2. The molecule has 2 heteroatoms. The summed E-state index contributed by atoms with van der Waals surface area (Å²) in [4.78, 5) is 2.50. The smallest absolute Gasteiger partial charge is 0.0775 e. The van der Waals surface area contributed by atoms with E-state index >= 15 is 0 Å². The average Bonchev–Trinajstić information content (AvgIpc) is 3.89. The van der Waals surface area contributed by atoms with Crippen molar-refractivity contribution in [2.45, 2.75) is 83.8 Å². The molecular weight excluding hydrogens is 919 g/mol. The van der Waals surface area contributed by atoms with E-state index in [0.717, 1.165) is 37.1 Å². The van der Waals surface area contributed by atoms with Crippen molar-refractivity contribution < 1.29 is 0 Å². The average molecular weight is 984 g/mol. The molecule has 0 saturated heterocycles. The fourth-order valence-corrected chi connectivity index (χ4v) is 14.8. The van der Waals surface area contributed by atoms with Gasteiger partial charge in [-0.25, -0.2) is 0 Å². The Morgan fingerprint density at radius 2 is 0.760 bits per heavy atom. The number of hydrogen-bond acceptors (Lipinski definition) is 1. The van der Waals surface area contributed by atoms with Crippen molar-refractivity contribution in [1.29, 1.82) is 0 Å². The molecule has 0 bridgehead atoms. The molecular formula is C73H65NSi. The maximum Gasteiger partial charge on any atom is 0.0775 e. The lowest BCUT2D eigenvalue weighted by molar-refractivity contribution is 0.490. The van der Waals surface area contributed by atoms with Crippen LogP contribution in [0.1, 0.15) is 86.8 Å². The van der Waals surface area contributed by atoms with E-state index in [0.29, 0.717) is 0 Å². The minimum Gasteiger partial charge on any atom is -0.310 e. The van der Waals surface area contributed by atoms with E-state index in [-0.39, 0.29) is 10.8 Å². The first kappa shape index (κ1) is 47.0. The second-order valence-electron chi connectivity index (χ2n) is 22.6. The Morgan fingerprint density at radius 1 is 0.347 bits per heavy atom. The van der Waals surface area contributed by atoms with Gasteiger partial charge in [0.05, 0.1) is 8.07 Å². The third kappa shape index (κ3) is 7.47. The van der Waals surface area contributed by atoms with E-state index in [9.17, 15) is 0 Å². The zero-order chi connectivity index (χ0) is 51.2. The minimum absolute atomic E-state index is 0.0235. The lowest BCUT2D eigenvalue weighted by Gasteiger charge is -2.32. The molecule has 0 atom stereocenters. The molecule has 0 heterocycles. The number of anilines is 3. The van der Waals surface area contributed by atoms with E-state index in [2.05, 4.69) is 271 Å². The number of benzene rings is 11. The van der Waals surface area contributed by atoms with Gasteiger partial charge in [-0.1, -0.05) is 228 Å². The van der Waals surface area contributed by atoms with Crippen LogP contribution in [0.5, 0.6) is 0 Å². The molecule has 0 amide bonds. The van der Waals surface area contributed by atoms with Crippen LogP contribution in [0.25, 0.3) is 88.6 Å². The van der Waals surface area contributed by atoms with Gasteiger partial charge < -0.3 is 4.90 Å². The van der Waals surface area contributed by atoms with E-state index < -0.39 is 8.07 Å².